The van der Waals surface area contributed by atoms with Gasteiger partial charge in [0.1, 0.15) is 5.82 Å². The summed E-state index contributed by atoms with van der Waals surface area (Å²) < 4.78 is 0. The first-order valence-corrected chi connectivity index (χ1v) is 10.2. The van der Waals surface area contributed by atoms with Crippen molar-refractivity contribution in [2.75, 3.05) is 23.8 Å². The van der Waals surface area contributed by atoms with Crippen molar-refractivity contribution in [3.05, 3.63) is 77.2 Å². The largest absolute Gasteiger partial charge is 0.478 e. The van der Waals surface area contributed by atoms with Crippen LogP contribution in [-0.4, -0.2) is 34.6 Å². The van der Waals surface area contributed by atoms with E-state index in [1.807, 2.05) is 26.2 Å². The van der Waals surface area contributed by atoms with Gasteiger partial charge in [0.25, 0.3) is 0 Å². The molecule has 0 bridgehead atoms. The van der Waals surface area contributed by atoms with E-state index in [2.05, 4.69) is 44.5 Å². The molecule has 0 saturated heterocycles. The molecule has 2 heterocycles. The molecule has 3 aromatic rings. The van der Waals surface area contributed by atoms with E-state index in [-0.39, 0.29) is 5.56 Å². The number of hydrogen-bond donors (Lipinski definition) is 2. The van der Waals surface area contributed by atoms with Crippen LogP contribution in [0.4, 0.5) is 17.2 Å². The molecular formula is C24H26N4O2. The Morgan fingerprint density at radius 3 is 2.87 bits per heavy atom. The minimum absolute atomic E-state index is 0.253. The van der Waals surface area contributed by atoms with Crippen LogP contribution >= 0.6 is 0 Å². The molecular weight excluding hydrogens is 376 g/mol. The predicted octanol–water partition coefficient (Wildman–Crippen LogP) is 4.78. The maximum absolute atomic E-state index is 11.4. The van der Waals surface area contributed by atoms with Crippen LogP contribution in [0.1, 0.15) is 45.8 Å². The van der Waals surface area contributed by atoms with E-state index < -0.39 is 5.97 Å². The third-order valence-corrected chi connectivity index (χ3v) is 5.78. The number of aromatic nitrogens is 2. The average Bonchev–Trinajstić information content (AvgIpc) is 2.77. The van der Waals surface area contributed by atoms with Gasteiger partial charge in [-0.05, 0) is 67.1 Å². The number of pyridine rings is 2. The van der Waals surface area contributed by atoms with Crippen LogP contribution in [0.2, 0.25) is 0 Å². The van der Waals surface area contributed by atoms with Crippen molar-refractivity contribution in [3.8, 4) is 0 Å². The van der Waals surface area contributed by atoms with E-state index in [1.54, 1.807) is 6.20 Å². The third-order valence-electron chi connectivity index (χ3n) is 5.78. The molecule has 0 saturated carbocycles. The Hall–Kier alpha value is -3.41. The highest BCUT2D eigenvalue weighted by Crippen LogP contribution is 2.35. The number of aryl methyl sites for hydroxylation is 2. The highest BCUT2D eigenvalue weighted by atomic mass is 16.4. The molecule has 6 heteroatoms. The molecule has 0 fully saturated rings. The van der Waals surface area contributed by atoms with Gasteiger partial charge >= 0.3 is 5.97 Å². The Morgan fingerprint density at radius 1 is 1.23 bits per heavy atom. The van der Waals surface area contributed by atoms with Gasteiger partial charge < -0.3 is 15.3 Å². The van der Waals surface area contributed by atoms with Crippen LogP contribution in [-0.2, 0) is 6.42 Å². The summed E-state index contributed by atoms with van der Waals surface area (Å²) in [6.07, 6.45) is 8.23. The van der Waals surface area contributed by atoms with Crippen LogP contribution in [0.15, 0.2) is 55.0 Å². The second-order valence-electron chi connectivity index (χ2n) is 7.83. The van der Waals surface area contributed by atoms with Gasteiger partial charge in [-0.15, -0.1) is 0 Å². The first-order valence-electron chi connectivity index (χ1n) is 10.2. The Labute approximate surface area is 176 Å². The molecule has 6 nitrogen and oxygen atoms in total. The van der Waals surface area contributed by atoms with Crippen molar-refractivity contribution in [3.63, 3.8) is 0 Å². The second-order valence-corrected chi connectivity index (χ2v) is 7.83. The lowest BCUT2D eigenvalue weighted by Gasteiger charge is -2.28. The van der Waals surface area contributed by atoms with Crippen LogP contribution in [0, 0.1) is 6.92 Å². The summed E-state index contributed by atoms with van der Waals surface area (Å²) in [6.45, 7) is 2.72. The van der Waals surface area contributed by atoms with E-state index in [0.717, 1.165) is 36.3 Å². The average molecular weight is 402 g/mol. The number of hydrogen-bond acceptors (Lipinski definition) is 5. The van der Waals surface area contributed by atoms with Gasteiger partial charge in [0.2, 0.25) is 0 Å². The van der Waals surface area contributed by atoms with Crippen LogP contribution in [0.25, 0.3) is 0 Å². The zero-order valence-corrected chi connectivity index (χ0v) is 17.3. The topological polar surface area (TPSA) is 78.4 Å². The van der Waals surface area contributed by atoms with Gasteiger partial charge in [-0.2, -0.15) is 0 Å². The van der Waals surface area contributed by atoms with E-state index in [0.29, 0.717) is 18.2 Å². The summed E-state index contributed by atoms with van der Waals surface area (Å²) in [7, 11) is 2.04. The Morgan fingerprint density at radius 2 is 2.10 bits per heavy atom. The lowest BCUT2D eigenvalue weighted by atomic mass is 9.82. The van der Waals surface area contributed by atoms with Gasteiger partial charge in [0.15, 0.2) is 0 Å². The summed E-state index contributed by atoms with van der Waals surface area (Å²) >= 11 is 0. The molecule has 30 heavy (non-hydrogen) atoms. The summed E-state index contributed by atoms with van der Waals surface area (Å²) in [6, 6.07) is 12.3. The van der Waals surface area contributed by atoms with Gasteiger partial charge in [0.05, 0.1) is 17.4 Å². The SMILES string of the molecule is Cc1ccc(N(C)c2ccc3c(c2)CCC[C@H]3CNc2cnccc2C(=O)O)nc1. The molecule has 1 aliphatic carbocycles. The molecule has 0 radical (unpaired) electrons. The highest BCUT2D eigenvalue weighted by molar-refractivity contribution is 5.93. The molecule has 154 valence electrons. The van der Waals surface area contributed by atoms with Crippen LogP contribution < -0.4 is 10.2 Å². The first kappa shape index (κ1) is 19.9. The highest BCUT2D eigenvalue weighted by Gasteiger charge is 2.22. The minimum atomic E-state index is -0.943. The molecule has 4 rings (SSSR count). The molecule has 0 amide bonds. The number of nitrogens with zero attached hydrogens (tertiary/aromatic N) is 3. The molecule has 2 N–H and O–H groups in total. The molecule has 2 aromatic heterocycles. The van der Waals surface area contributed by atoms with E-state index in [9.17, 15) is 9.90 Å². The van der Waals surface area contributed by atoms with E-state index >= 15 is 0 Å². The van der Waals surface area contributed by atoms with Crippen LogP contribution in [0.5, 0.6) is 0 Å². The molecule has 0 unspecified atom stereocenters. The number of carboxylic acids is 1. The summed E-state index contributed by atoms with van der Waals surface area (Å²) in [5.74, 6) is 0.321. The van der Waals surface area contributed by atoms with Gasteiger partial charge in [-0.1, -0.05) is 12.1 Å². The second kappa shape index (κ2) is 8.53. The number of carboxylic acid groups (broad SMARTS) is 1. The number of fused-ring (bicyclic) bond motifs is 1. The fourth-order valence-electron chi connectivity index (χ4n) is 4.07. The van der Waals surface area contributed by atoms with E-state index in [1.165, 1.54) is 23.4 Å². The van der Waals surface area contributed by atoms with Crippen molar-refractivity contribution in [2.45, 2.75) is 32.1 Å². The maximum Gasteiger partial charge on any atom is 0.337 e. The lowest BCUT2D eigenvalue weighted by Crippen LogP contribution is -2.20. The first-order chi connectivity index (χ1) is 14.5. The normalized spacial score (nSPS) is 15.3. The zero-order chi connectivity index (χ0) is 21.1. The number of nitrogens with one attached hydrogen (secondary N) is 1. The van der Waals surface area contributed by atoms with Crippen molar-refractivity contribution in [1.29, 1.82) is 0 Å². The van der Waals surface area contributed by atoms with E-state index in [4.69, 9.17) is 0 Å². The molecule has 0 spiro atoms. The van der Waals surface area contributed by atoms with Crippen molar-refractivity contribution >= 4 is 23.2 Å². The maximum atomic E-state index is 11.4. The molecule has 0 aliphatic heterocycles. The molecule has 1 atom stereocenters. The van der Waals surface area contributed by atoms with Gasteiger partial charge in [-0.3, -0.25) is 4.98 Å². The summed E-state index contributed by atoms with van der Waals surface area (Å²) in [5, 5.41) is 12.7. The summed E-state index contributed by atoms with van der Waals surface area (Å²) in [5.41, 5.74) is 5.78. The third kappa shape index (κ3) is 4.13. The molecule has 1 aromatic carbocycles. The zero-order valence-electron chi connectivity index (χ0n) is 17.3. The quantitative estimate of drug-likeness (QED) is 0.618. The Balaban J connectivity index is 1.52. The predicted molar refractivity (Wildman–Crippen MR) is 119 cm³/mol. The van der Waals surface area contributed by atoms with Gasteiger partial charge in [-0.25, -0.2) is 9.78 Å². The monoisotopic (exact) mass is 402 g/mol. The fraction of sp³-hybridized carbons (Fsp3) is 0.292. The number of aromatic carboxylic acids is 1. The smallest absolute Gasteiger partial charge is 0.337 e. The summed E-state index contributed by atoms with van der Waals surface area (Å²) in [4.78, 5) is 22.1. The van der Waals surface area contributed by atoms with Crippen molar-refractivity contribution < 1.29 is 9.90 Å². The number of carbonyl (C=O) groups is 1. The van der Waals surface area contributed by atoms with Gasteiger partial charge in [0, 0.05) is 37.6 Å². The Kier molecular flexibility index (Phi) is 5.65. The Bertz CT molecular complexity index is 1050. The standard InChI is InChI=1S/C24H26N4O2/c1-16-6-9-23(27-13-16)28(2)19-7-8-20-17(12-19)4-3-5-18(20)14-26-22-15-25-11-10-21(22)24(29)30/h6-13,15,18,26H,3-5,14H2,1-2H3,(H,29,30)/t18-/m0/s1. The minimum Gasteiger partial charge on any atom is -0.478 e. The lowest BCUT2D eigenvalue weighted by molar-refractivity contribution is 0.0698. The van der Waals surface area contributed by atoms with Crippen molar-refractivity contribution in [2.24, 2.45) is 0 Å². The van der Waals surface area contributed by atoms with Crippen molar-refractivity contribution in [1.82, 2.24) is 9.97 Å². The molecule has 1 aliphatic rings. The fourth-order valence-corrected chi connectivity index (χ4v) is 4.07. The van der Waals surface area contributed by atoms with Crippen LogP contribution in [0.3, 0.4) is 0 Å². The number of rotatable bonds is 6. The number of benzene rings is 1. The number of anilines is 3.